The molecule has 2 aromatic rings. The van der Waals surface area contributed by atoms with Crippen LogP contribution in [0.15, 0.2) is 36.5 Å². The van der Waals surface area contributed by atoms with E-state index in [4.69, 9.17) is 4.74 Å². The molecule has 21 heavy (non-hydrogen) atoms. The van der Waals surface area contributed by atoms with Crippen LogP contribution in [0.4, 0.5) is 0 Å². The molecule has 3 heteroatoms. The SMILES string of the molecule is COC1(C(O)c2ccc3ncccc3c2)CCCCCC1. The van der Waals surface area contributed by atoms with Gasteiger partial charge in [0.25, 0.3) is 0 Å². The number of hydrogen-bond donors (Lipinski definition) is 1. The molecular formula is C18H23NO2. The van der Waals surface area contributed by atoms with Gasteiger partial charge in [-0.1, -0.05) is 37.8 Å². The number of pyridine rings is 1. The van der Waals surface area contributed by atoms with Crippen LogP contribution < -0.4 is 0 Å². The minimum atomic E-state index is -0.579. The van der Waals surface area contributed by atoms with Crippen LogP contribution in [0.5, 0.6) is 0 Å². The second-order valence-corrected chi connectivity index (χ2v) is 6.04. The van der Waals surface area contributed by atoms with Crippen LogP contribution in [0, 0.1) is 0 Å². The molecule has 1 atom stereocenters. The zero-order valence-electron chi connectivity index (χ0n) is 12.6. The van der Waals surface area contributed by atoms with Gasteiger partial charge in [-0.25, -0.2) is 0 Å². The van der Waals surface area contributed by atoms with Crippen LogP contribution in [0.3, 0.4) is 0 Å². The first-order valence-corrected chi connectivity index (χ1v) is 7.83. The van der Waals surface area contributed by atoms with Gasteiger partial charge in [-0.15, -0.1) is 0 Å². The molecule has 1 unspecified atom stereocenters. The van der Waals surface area contributed by atoms with Crippen molar-refractivity contribution in [3.63, 3.8) is 0 Å². The number of benzene rings is 1. The largest absolute Gasteiger partial charge is 0.385 e. The zero-order valence-corrected chi connectivity index (χ0v) is 12.6. The molecule has 0 aliphatic heterocycles. The van der Waals surface area contributed by atoms with Gasteiger partial charge in [0.2, 0.25) is 0 Å². The van der Waals surface area contributed by atoms with Gasteiger partial charge in [0.1, 0.15) is 6.10 Å². The minimum Gasteiger partial charge on any atom is -0.385 e. The predicted molar refractivity (Wildman–Crippen MR) is 84.1 cm³/mol. The van der Waals surface area contributed by atoms with Crippen molar-refractivity contribution in [3.8, 4) is 0 Å². The predicted octanol–water partition coefficient (Wildman–Crippen LogP) is 4.01. The Labute approximate surface area is 126 Å². The fraction of sp³-hybridized carbons (Fsp3) is 0.500. The van der Waals surface area contributed by atoms with E-state index < -0.39 is 11.7 Å². The van der Waals surface area contributed by atoms with E-state index in [9.17, 15) is 5.11 Å². The Balaban J connectivity index is 1.95. The van der Waals surface area contributed by atoms with Gasteiger partial charge in [-0.2, -0.15) is 0 Å². The molecule has 3 nitrogen and oxygen atoms in total. The van der Waals surface area contributed by atoms with Gasteiger partial charge < -0.3 is 9.84 Å². The maximum Gasteiger partial charge on any atom is 0.108 e. The van der Waals surface area contributed by atoms with Gasteiger partial charge >= 0.3 is 0 Å². The van der Waals surface area contributed by atoms with Crippen LogP contribution in [0.25, 0.3) is 10.9 Å². The van der Waals surface area contributed by atoms with Crippen molar-refractivity contribution in [1.29, 1.82) is 0 Å². The molecule has 1 heterocycles. The topological polar surface area (TPSA) is 42.4 Å². The van der Waals surface area contributed by atoms with Crippen LogP contribution in [0.1, 0.15) is 50.2 Å². The third kappa shape index (κ3) is 2.81. The highest BCUT2D eigenvalue weighted by Gasteiger charge is 2.39. The summed E-state index contributed by atoms with van der Waals surface area (Å²) in [6, 6.07) is 9.96. The molecule has 1 aromatic heterocycles. The zero-order chi connectivity index (χ0) is 14.7. The van der Waals surface area contributed by atoms with Gasteiger partial charge in [-0.3, -0.25) is 4.98 Å². The van der Waals surface area contributed by atoms with E-state index >= 15 is 0 Å². The summed E-state index contributed by atoms with van der Waals surface area (Å²) in [6.45, 7) is 0. The molecule has 0 spiro atoms. The Kier molecular flexibility index (Phi) is 4.22. The van der Waals surface area contributed by atoms with Crippen molar-refractivity contribution in [3.05, 3.63) is 42.1 Å². The maximum absolute atomic E-state index is 10.9. The highest BCUT2D eigenvalue weighted by atomic mass is 16.5. The molecule has 1 aliphatic carbocycles. The van der Waals surface area contributed by atoms with E-state index in [0.717, 1.165) is 42.1 Å². The number of nitrogens with zero attached hydrogens (tertiary/aromatic N) is 1. The lowest BCUT2D eigenvalue weighted by Crippen LogP contribution is -2.38. The fourth-order valence-electron chi connectivity index (χ4n) is 3.48. The van der Waals surface area contributed by atoms with Crippen LogP contribution >= 0.6 is 0 Å². The van der Waals surface area contributed by atoms with Crippen LogP contribution in [0.2, 0.25) is 0 Å². The second-order valence-electron chi connectivity index (χ2n) is 6.04. The van der Waals surface area contributed by atoms with Crippen molar-refractivity contribution in [1.82, 2.24) is 4.98 Å². The smallest absolute Gasteiger partial charge is 0.108 e. The lowest BCUT2D eigenvalue weighted by atomic mass is 9.84. The van der Waals surface area contributed by atoms with Crippen molar-refractivity contribution in [2.75, 3.05) is 7.11 Å². The molecule has 0 amide bonds. The minimum absolute atomic E-state index is 0.438. The van der Waals surface area contributed by atoms with E-state index in [1.807, 2.05) is 30.3 Å². The van der Waals surface area contributed by atoms with Gasteiger partial charge in [0.05, 0.1) is 11.1 Å². The molecule has 1 fully saturated rings. The molecule has 1 aromatic carbocycles. The number of ether oxygens (including phenoxy) is 1. The number of methoxy groups -OCH3 is 1. The summed E-state index contributed by atoms with van der Waals surface area (Å²) < 4.78 is 5.82. The Morgan fingerprint density at radius 1 is 1.14 bits per heavy atom. The van der Waals surface area contributed by atoms with E-state index in [2.05, 4.69) is 4.98 Å². The van der Waals surface area contributed by atoms with E-state index in [1.54, 1.807) is 13.3 Å². The van der Waals surface area contributed by atoms with E-state index in [1.165, 1.54) is 12.8 Å². The molecule has 1 N–H and O–H groups in total. The van der Waals surface area contributed by atoms with Gasteiger partial charge in [0.15, 0.2) is 0 Å². The monoisotopic (exact) mass is 285 g/mol. The average Bonchev–Trinajstić information content (AvgIpc) is 2.80. The Morgan fingerprint density at radius 3 is 2.62 bits per heavy atom. The molecule has 1 aliphatic rings. The van der Waals surface area contributed by atoms with Gasteiger partial charge in [-0.05, 0) is 36.6 Å². The second kappa shape index (κ2) is 6.12. The number of aliphatic hydroxyl groups is 1. The summed E-state index contributed by atoms with van der Waals surface area (Å²) in [4.78, 5) is 4.33. The van der Waals surface area contributed by atoms with Crippen molar-refractivity contribution in [2.45, 2.75) is 50.2 Å². The molecule has 3 rings (SSSR count). The average molecular weight is 285 g/mol. The number of hydrogen-bond acceptors (Lipinski definition) is 3. The Bertz CT molecular complexity index is 603. The Hall–Kier alpha value is -1.45. The third-order valence-corrected chi connectivity index (χ3v) is 4.80. The quantitative estimate of drug-likeness (QED) is 0.866. The normalized spacial score (nSPS) is 20.1. The summed E-state index contributed by atoms with van der Waals surface area (Å²) in [5, 5.41) is 12.0. The molecule has 0 saturated heterocycles. The molecular weight excluding hydrogens is 262 g/mol. The first kappa shape index (κ1) is 14.5. The number of fused-ring (bicyclic) bond motifs is 1. The molecule has 112 valence electrons. The van der Waals surface area contributed by atoms with Crippen LogP contribution in [-0.4, -0.2) is 22.8 Å². The third-order valence-electron chi connectivity index (χ3n) is 4.80. The van der Waals surface area contributed by atoms with Crippen molar-refractivity contribution < 1.29 is 9.84 Å². The highest BCUT2D eigenvalue weighted by Crippen LogP contribution is 2.40. The fourth-order valence-corrected chi connectivity index (χ4v) is 3.48. The molecule has 1 saturated carbocycles. The number of rotatable bonds is 3. The number of aliphatic hydroxyl groups excluding tert-OH is 1. The standard InChI is InChI=1S/C18H23NO2/c1-21-18(10-4-2-3-5-11-18)17(20)15-8-9-16-14(13-15)7-6-12-19-16/h6-9,12-13,17,20H,2-5,10-11H2,1H3. The van der Waals surface area contributed by atoms with E-state index in [0.29, 0.717) is 0 Å². The lowest BCUT2D eigenvalue weighted by molar-refractivity contribution is -0.114. The summed E-state index contributed by atoms with van der Waals surface area (Å²) >= 11 is 0. The first-order valence-electron chi connectivity index (χ1n) is 7.83. The maximum atomic E-state index is 10.9. The van der Waals surface area contributed by atoms with Gasteiger partial charge in [0, 0.05) is 18.7 Å². The summed E-state index contributed by atoms with van der Waals surface area (Å²) in [6.07, 6.45) is 7.79. The van der Waals surface area contributed by atoms with Crippen molar-refractivity contribution >= 4 is 10.9 Å². The molecule has 0 bridgehead atoms. The van der Waals surface area contributed by atoms with Crippen molar-refractivity contribution in [2.24, 2.45) is 0 Å². The highest BCUT2D eigenvalue weighted by molar-refractivity contribution is 5.79. The number of aromatic nitrogens is 1. The Morgan fingerprint density at radius 2 is 1.90 bits per heavy atom. The van der Waals surface area contributed by atoms with E-state index in [-0.39, 0.29) is 0 Å². The molecule has 0 radical (unpaired) electrons. The summed E-state index contributed by atoms with van der Waals surface area (Å²) in [5.41, 5.74) is 1.45. The first-order chi connectivity index (χ1) is 10.2. The van der Waals surface area contributed by atoms with Crippen LogP contribution in [-0.2, 0) is 4.74 Å². The summed E-state index contributed by atoms with van der Waals surface area (Å²) in [7, 11) is 1.73. The lowest BCUT2D eigenvalue weighted by Gasteiger charge is -2.36. The summed E-state index contributed by atoms with van der Waals surface area (Å²) in [5.74, 6) is 0.